The van der Waals surface area contributed by atoms with Crippen LogP contribution in [0.3, 0.4) is 0 Å². The van der Waals surface area contributed by atoms with E-state index in [0.29, 0.717) is 28.8 Å². The number of carbonyl (C=O) groups is 2. The van der Waals surface area contributed by atoms with Gasteiger partial charge in [0, 0.05) is 5.69 Å². The minimum atomic E-state index is -0.738. The minimum absolute atomic E-state index is 0.0924. The number of aliphatic hydroxyl groups is 1. The van der Waals surface area contributed by atoms with Gasteiger partial charge in [-0.15, -0.1) is 11.3 Å². The number of hydrogen-bond acceptors (Lipinski definition) is 5. The molecular formula is C26H25NO4S. The van der Waals surface area contributed by atoms with Crippen LogP contribution in [0, 0.1) is 12.8 Å². The van der Waals surface area contributed by atoms with Crippen LogP contribution in [0.1, 0.15) is 40.7 Å². The van der Waals surface area contributed by atoms with Crippen LogP contribution in [-0.2, 0) is 4.79 Å². The lowest BCUT2D eigenvalue weighted by Crippen LogP contribution is -2.31. The maximum atomic E-state index is 13.3. The van der Waals surface area contributed by atoms with Gasteiger partial charge in [-0.1, -0.05) is 44.2 Å². The van der Waals surface area contributed by atoms with E-state index in [1.54, 1.807) is 17.5 Å². The van der Waals surface area contributed by atoms with Gasteiger partial charge < -0.3 is 9.84 Å². The molecule has 32 heavy (non-hydrogen) atoms. The van der Waals surface area contributed by atoms with E-state index in [1.165, 1.54) is 16.2 Å². The monoisotopic (exact) mass is 447 g/mol. The molecule has 2 aromatic carbocycles. The van der Waals surface area contributed by atoms with Crippen LogP contribution in [0.2, 0.25) is 0 Å². The Kier molecular flexibility index (Phi) is 6.15. The number of amides is 1. The SMILES string of the molecule is Cc1cccc(N2C(=O)C(O)=C(C(=O)c3cccs3)C2c2ccc(OCC(C)C)cc2)c1. The van der Waals surface area contributed by atoms with Gasteiger partial charge in [0.1, 0.15) is 5.75 Å². The van der Waals surface area contributed by atoms with Gasteiger partial charge >= 0.3 is 0 Å². The van der Waals surface area contributed by atoms with E-state index in [1.807, 2.05) is 55.5 Å². The van der Waals surface area contributed by atoms with E-state index < -0.39 is 17.7 Å². The van der Waals surface area contributed by atoms with Gasteiger partial charge in [0.25, 0.3) is 5.91 Å². The first kappa shape index (κ1) is 21.8. The van der Waals surface area contributed by atoms with Crippen molar-refractivity contribution in [2.75, 3.05) is 11.5 Å². The topological polar surface area (TPSA) is 66.8 Å². The van der Waals surface area contributed by atoms with Gasteiger partial charge in [0.2, 0.25) is 5.78 Å². The quantitative estimate of drug-likeness (QED) is 0.460. The Morgan fingerprint density at radius 3 is 2.50 bits per heavy atom. The molecule has 5 nitrogen and oxygen atoms in total. The van der Waals surface area contributed by atoms with Gasteiger partial charge in [-0.05, 0) is 59.7 Å². The van der Waals surface area contributed by atoms with Crippen molar-refractivity contribution in [1.82, 2.24) is 0 Å². The highest BCUT2D eigenvalue weighted by atomic mass is 32.1. The average Bonchev–Trinajstić information content (AvgIpc) is 3.40. The number of ketones is 1. The fourth-order valence-corrected chi connectivity index (χ4v) is 4.42. The number of thiophene rings is 1. The second-order valence-corrected chi connectivity index (χ2v) is 9.21. The summed E-state index contributed by atoms with van der Waals surface area (Å²) in [6.45, 7) is 6.69. The Bertz CT molecular complexity index is 1160. The lowest BCUT2D eigenvalue weighted by molar-refractivity contribution is -0.117. The van der Waals surface area contributed by atoms with Crippen LogP contribution in [-0.4, -0.2) is 23.4 Å². The van der Waals surface area contributed by atoms with E-state index in [-0.39, 0.29) is 11.4 Å². The maximum Gasteiger partial charge on any atom is 0.294 e. The number of aliphatic hydroxyl groups excluding tert-OH is 1. The Balaban J connectivity index is 1.78. The number of anilines is 1. The van der Waals surface area contributed by atoms with Gasteiger partial charge in [-0.25, -0.2) is 0 Å². The molecule has 1 amide bonds. The molecule has 0 saturated heterocycles. The van der Waals surface area contributed by atoms with Crippen LogP contribution >= 0.6 is 11.3 Å². The summed E-state index contributed by atoms with van der Waals surface area (Å²) < 4.78 is 5.78. The first-order valence-electron chi connectivity index (χ1n) is 10.5. The predicted octanol–water partition coefficient (Wildman–Crippen LogP) is 5.87. The Labute approximate surface area is 191 Å². The van der Waals surface area contributed by atoms with Crippen molar-refractivity contribution < 1.29 is 19.4 Å². The second-order valence-electron chi connectivity index (χ2n) is 8.26. The summed E-state index contributed by atoms with van der Waals surface area (Å²) in [4.78, 5) is 28.5. The molecular weight excluding hydrogens is 422 g/mol. The van der Waals surface area contributed by atoms with Gasteiger partial charge in [-0.2, -0.15) is 0 Å². The molecule has 0 saturated carbocycles. The van der Waals surface area contributed by atoms with Crippen molar-refractivity contribution in [3.05, 3.63) is 93.4 Å². The third kappa shape index (κ3) is 4.18. The van der Waals surface area contributed by atoms with Gasteiger partial charge in [0.15, 0.2) is 5.76 Å². The molecule has 1 aliphatic rings. The van der Waals surface area contributed by atoms with Crippen LogP contribution < -0.4 is 9.64 Å². The summed E-state index contributed by atoms with van der Waals surface area (Å²) in [5, 5.41) is 12.6. The number of ether oxygens (including phenoxy) is 1. The number of aryl methyl sites for hydroxylation is 1. The van der Waals surface area contributed by atoms with Crippen molar-refractivity contribution in [2.24, 2.45) is 5.92 Å². The highest BCUT2D eigenvalue weighted by Gasteiger charge is 2.44. The fourth-order valence-electron chi connectivity index (χ4n) is 3.75. The molecule has 4 rings (SSSR count). The third-order valence-electron chi connectivity index (χ3n) is 5.26. The normalized spacial score (nSPS) is 16.2. The van der Waals surface area contributed by atoms with Crippen LogP contribution in [0.15, 0.2) is 77.4 Å². The molecule has 1 unspecified atom stereocenters. The first-order chi connectivity index (χ1) is 15.4. The van der Waals surface area contributed by atoms with Gasteiger partial charge in [0.05, 0.1) is 23.1 Å². The zero-order valence-electron chi connectivity index (χ0n) is 18.2. The summed E-state index contributed by atoms with van der Waals surface area (Å²) in [7, 11) is 0. The highest BCUT2D eigenvalue weighted by molar-refractivity contribution is 7.12. The number of benzene rings is 2. The molecule has 1 atom stereocenters. The minimum Gasteiger partial charge on any atom is -0.503 e. The third-order valence-corrected chi connectivity index (χ3v) is 6.13. The Morgan fingerprint density at radius 1 is 1.12 bits per heavy atom. The number of hydrogen-bond donors (Lipinski definition) is 1. The predicted molar refractivity (Wildman–Crippen MR) is 126 cm³/mol. The van der Waals surface area contributed by atoms with Crippen molar-refractivity contribution in [1.29, 1.82) is 0 Å². The zero-order valence-corrected chi connectivity index (χ0v) is 19.1. The highest BCUT2D eigenvalue weighted by Crippen LogP contribution is 2.42. The molecule has 1 aliphatic heterocycles. The maximum absolute atomic E-state index is 13.3. The Morgan fingerprint density at radius 2 is 1.88 bits per heavy atom. The van der Waals surface area contributed by atoms with Crippen molar-refractivity contribution in [3.63, 3.8) is 0 Å². The lowest BCUT2D eigenvalue weighted by Gasteiger charge is -2.27. The number of Topliss-reactive ketones (excluding diaryl/α,β-unsaturated/α-hetero) is 1. The second kappa shape index (κ2) is 9.01. The van der Waals surface area contributed by atoms with E-state index >= 15 is 0 Å². The molecule has 6 heteroatoms. The fraction of sp³-hybridized carbons (Fsp3) is 0.231. The molecule has 0 spiro atoms. The smallest absolute Gasteiger partial charge is 0.294 e. The molecule has 0 radical (unpaired) electrons. The molecule has 3 aromatic rings. The van der Waals surface area contributed by atoms with Crippen LogP contribution in [0.4, 0.5) is 5.69 Å². The van der Waals surface area contributed by atoms with Crippen molar-refractivity contribution in [3.8, 4) is 5.75 Å². The molecule has 0 bridgehead atoms. The largest absolute Gasteiger partial charge is 0.503 e. The van der Waals surface area contributed by atoms with E-state index in [4.69, 9.17) is 4.74 Å². The zero-order chi connectivity index (χ0) is 22.8. The van der Waals surface area contributed by atoms with E-state index in [0.717, 1.165) is 11.1 Å². The summed E-state index contributed by atoms with van der Waals surface area (Å²) in [5.74, 6) is -0.316. The molecule has 2 heterocycles. The molecule has 1 aromatic heterocycles. The molecule has 1 N–H and O–H groups in total. The summed E-state index contributed by atoms with van der Waals surface area (Å²) in [5.41, 5.74) is 2.42. The van der Waals surface area contributed by atoms with Crippen LogP contribution in [0.25, 0.3) is 0 Å². The summed E-state index contributed by atoms with van der Waals surface area (Å²) in [6.07, 6.45) is 0. The number of nitrogens with zero attached hydrogens (tertiary/aromatic N) is 1. The average molecular weight is 448 g/mol. The molecule has 0 fully saturated rings. The van der Waals surface area contributed by atoms with E-state index in [9.17, 15) is 14.7 Å². The number of rotatable bonds is 7. The summed E-state index contributed by atoms with van der Waals surface area (Å²) >= 11 is 1.28. The van der Waals surface area contributed by atoms with Crippen molar-refractivity contribution in [2.45, 2.75) is 26.8 Å². The Hall–Kier alpha value is -3.38. The standard InChI is InChI=1S/C26H25NO4S/c1-16(2)15-31-20-11-9-18(10-12-20)23-22(24(28)21-8-5-13-32-21)25(29)26(30)27(23)19-7-4-6-17(3)14-19/h4-14,16,23,29H,15H2,1-3H3. The lowest BCUT2D eigenvalue weighted by atomic mass is 9.95. The summed E-state index contributed by atoms with van der Waals surface area (Å²) in [6, 6.07) is 17.6. The first-order valence-corrected chi connectivity index (χ1v) is 11.4. The van der Waals surface area contributed by atoms with E-state index in [2.05, 4.69) is 13.8 Å². The van der Waals surface area contributed by atoms with Crippen LogP contribution in [0.5, 0.6) is 5.75 Å². The molecule has 164 valence electrons. The number of carbonyl (C=O) groups excluding carboxylic acids is 2. The van der Waals surface area contributed by atoms with Gasteiger partial charge in [-0.3, -0.25) is 14.5 Å². The van der Waals surface area contributed by atoms with Crippen molar-refractivity contribution >= 4 is 28.7 Å². The molecule has 0 aliphatic carbocycles.